The van der Waals surface area contributed by atoms with Gasteiger partial charge in [0.25, 0.3) is 0 Å². The molecule has 1 aromatic rings. The molecule has 1 aliphatic rings. The van der Waals surface area contributed by atoms with Crippen LogP contribution >= 0.6 is 0 Å². The number of anilines is 1. The molecule has 1 aromatic carbocycles. The monoisotopic (exact) mass is 414 g/mol. The van der Waals surface area contributed by atoms with Crippen LogP contribution in [0, 0.1) is 11.7 Å². The zero-order chi connectivity index (χ0) is 22.0. The van der Waals surface area contributed by atoms with E-state index in [1.807, 2.05) is 20.8 Å². The number of halogens is 3. The van der Waals surface area contributed by atoms with Crippen molar-refractivity contribution in [1.29, 1.82) is 0 Å². The Hall–Kier alpha value is -2.09. The van der Waals surface area contributed by atoms with Gasteiger partial charge in [-0.3, -0.25) is 9.59 Å². The van der Waals surface area contributed by atoms with Gasteiger partial charge in [0.1, 0.15) is 18.0 Å². The van der Waals surface area contributed by atoms with Gasteiger partial charge in [0.05, 0.1) is 0 Å². The summed E-state index contributed by atoms with van der Waals surface area (Å²) in [4.78, 5) is 24.7. The minimum absolute atomic E-state index is 0.0580. The molecule has 0 spiro atoms. The number of aliphatic hydroxyl groups is 1. The lowest BCUT2D eigenvalue weighted by atomic mass is 9.81. The Kier molecular flexibility index (Phi) is 6.98. The van der Waals surface area contributed by atoms with Crippen molar-refractivity contribution in [1.82, 2.24) is 5.32 Å². The number of alkyl halides is 2. The standard InChI is InChI=1S/C21H29F3N2O3/c1-12(27)18(28)26-17(13-7-9-21(23,24)10-8-13)19(29)25-14-5-6-15(16(22)11-14)20(2,3)4/h5-6,11-13,17,27H,7-10H2,1-4H3,(H,25,29)(H,26,28). The van der Waals surface area contributed by atoms with E-state index >= 15 is 0 Å². The fourth-order valence-corrected chi connectivity index (χ4v) is 3.49. The highest BCUT2D eigenvalue weighted by Crippen LogP contribution is 2.37. The van der Waals surface area contributed by atoms with Crippen LogP contribution in [0.2, 0.25) is 0 Å². The van der Waals surface area contributed by atoms with E-state index in [1.165, 1.54) is 13.0 Å². The van der Waals surface area contributed by atoms with Crippen molar-refractivity contribution < 1.29 is 27.9 Å². The summed E-state index contributed by atoms with van der Waals surface area (Å²) in [5, 5.41) is 14.5. The average molecular weight is 414 g/mol. The second-order valence-electron chi connectivity index (χ2n) is 8.79. The van der Waals surface area contributed by atoms with E-state index in [0.29, 0.717) is 5.56 Å². The van der Waals surface area contributed by atoms with Gasteiger partial charge in [-0.05, 0) is 48.8 Å². The first-order valence-corrected chi connectivity index (χ1v) is 9.77. The summed E-state index contributed by atoms with van der Waals surface area (Å²) in [6.07, 6.45) is -1.98. The fraction of sp³-hybridized carbons (Fsp3) is 0.619. The van der Waals surface area contributed by atoms with Crippen LogP contribution in [0.3, 0.4) is 0 Å². The van der Waals surface area contributed by atoms with E-state index in [4.69, 9.17) is 0 Å². The van der Waals surface area contributed by atoms with Crippen LogP contribution in [-0.4, -0.2) is 35.0 Å². The molecule has 0 heterocycles. The Morgan fingerprint density at radius 1 is 1.17 bits per heavy atom. The SMILES string of the molecule is CC(O)C(=O)NC(C(=O)Nc1ccc(C(C)(C)C)c(F)c1)C1CCC(F)(F)CC1. The quantitative estimate of drug-likeness (QED) is 0.687. The number of carbonyl (C=O) groups is 2. The largest absolute Gasteiger partial charge is 0.384 e. The fourth-order valence-electron chi connectivity index (χ4n) is 3.49. The maximum Gasteiger partial charge on any atom is 0.249 e. The molecule has 0 saturated heterocycles. The summed E-state index contributed by atoms with van der Waals surface area (Å²) in [5.41, 5.74) is 0.287. The topological polar surface area (TPSA) is 78.4 Å². The average Bonchev–Trinajstić information content (AvgIpc) is 2.58. The first-order valence-electron chi connectivity index (χ1n) is 9.77. The number of rotatable bonds is 5. The molecule has 162 valence electrons. The van der Waals surface area contributed by atoms with Crippen molar-refractivity contribution in [3.8, 4) is 0 Å². The van der Waals surface area contributed by atoms with Crippen molar-refractivity contribution in [2.75, 3.05) is 5.32 Å². The molecule has 0 radical (unpaired) electrons. The Labute approximate surface area is 169 Å². The van der Waals surface area contributed by atoms with Crippen LogP contribution < -0.4 is 10.6 Å². The number of hydrogen-bond acceptors (Lipinski definition) is 3. The van der Waals surface area contributed by atoms with Crippen LogP contribution in [0.25, 0.3) is 0 Å². The lowest BCUT2D eigenvalue weighted by Gasteiger charge is -2.33. The van der Waals surface area contributed by atoms with Crippen LogP contribution in [0.4, 0.5) is 18.9 Å². The molecule has 29 heavy (non-hydrogen) atoms. The van der Waals surface area contributed by atoms with Crippen molar-refractivity contribution in [3.63, 3.8) is 0 Å². The zero-order valence-corrected chi connectivity index (χ0v) is 17.2. The molecule has 0 bridgehead atoms. The minimum atomic E-state index is -2.78. The number of aliphatic hydroxyl groups excluding tert-OH is 1. The number of nitrogens with one attached hydrogen (secondary N) is 2. The maximum absolute atomic E-state index is 14.4. The predicted octanol–water partition coefficient (Wildman–Crippen LogP) is 3.75. The maximum atomic E-state index is 14.4. The van der Waals surface area contributed by atoms with Crippen LogP contribution in [-0.2, 0) is 15.0 Å². The second kappa shape index (κ2) is 8.73. The summed E-state index contributed by atoms with van der Waals surface area (Å²) in [6.45, 7) is 6.85. The highest BCUT2D eigenvalue weighted by atomic mass is 19.3. The van der Waals surface area contributed by atoms with Crippen LogP contribution in [0.15, 0.2) is 18.2 Å². The van der Waals surface area contributed by atoms with Crippen LogP contribution in [0.1, 0.15) is 58.9 Å². The van der Waals surface area contributed by atoms with E-state index in [0.717, 1.165) is 0 Å². The third-order valence-corrected chi connectivity index (χ3v) is 5.24. The second-order valence-corrected chi connectivity index (χ2v) is 8.79. The molecule has 2 amide bonds. The first-order chi connectivity index (χ1) is 13.3. The highest BCUT2D eigenvalue weighted by Gasteiger charge is 2.40. The molecule has 2 unspecified atom stereocenters. The first kappa shape index (κ1) is 23.2. The number of hydrogen-bond donors (Lipinski definition) is 3. The molecular formula is C21H29F3N2O3. The van der Waals surface area contributed by atoms with Gasteiger partial charge in [-0.1, -0.05) is 26.8 Å². The lowest BCUT2D eigenvalue weighted by Crippen LogP contribution is -2.52. The van der Waals surface area contributed by atoms with Crippen molar-refractivity contribution in [2.45, 2.75) is 76.9 Å². The summed E-state index contributed by atoms with van der Waals surface area (Å²) < 4.78 is 41.4. The van der Waals surface area contributed by atoms with E-state index in [9.17, 15) is 27.9 Å². The Morgan fingerprint density at radius 3 is 2.24 bits per heavy atom. The third-order valence-electron chi connectivity index (χ3n) is 5.24. The van der Waals surface area contributed by atoms with Gasteiger partial charge in [-0.2, -0.15) is 0 Å². The molecule has 1 saturated carbocycles. The molecule has 3 N–H and O–H groups in total. The zero-order valence-electron chi connectivity index (χ0n) is 17.2. The van der Waals surface area contributed by atoms with Crippen molar-refractivity contribution >= 4 is 17.5 Å². The number of amides is 2. The Balaban J connectivity index is 2.19. The Morgan fingerprint density at radius 2 is 1.76 bits per heavy atom. The highest BCUT2D eigenvalue weighted by molar-refractivity contribution is 5.97. The normalized spacial score (nSPS) is 19.3. The number of benzene rings is 1. The van der Waals surface area contributed by atoms with Gasteiger partial charge < -0.3 is 15.7 Å². The molecule has 8 heteroatoms. The van der Waals surface area contributed by atoms with Crippen molar-refractivity contribution in [2.24, 2.45) is 5.92 Å². The van der Waals surface area contributed by atoms with E-state index in [2.05, 4.69) is 10.6 Å². The van der Waals surface area contributed by atoms with Gasteiger partial charge in [0, 0.05) is 18.5 Å². The van der Waals surface area contributed by atoms with E-state index < -0.39 is 47.0 Å². The summed E-state index contributed by atoms with van der Waals surface area (Å²) in [6, 6.07) is 3.24. The van der Waals surface area contributed by atoms with E-state index in [-0.39, 0.29) is 31.4 Å². The van der Waals surface area contributed by atoms with Gasteiger partial charge >= 0.3 is 0 Å². The van der Waals surface area contributed by atoms with Gasteiger partial charge in [0.2, 0.25) is 17.7 Å². The predicted molar refractivity (Wildman–Crippen MR) is 104 cm³/mol. The molecule has 1 aliphatic carbocycles. The minimum Gasteiger partial charge on any atom is -0.384 e. The molecule has 0 aromatic heterocycles. The molecular weight excluding hydrogens is 385 g/mol. The molecule has 2 atom stereocenters. The van der Waals surface area contributed by atoms with Gasteiger partial charge in [-0.15, -0.1) is 0 Å². The third kappa shape index (κ3) is 6.19. The molecule has 1 fully saturated rings. The smallest absolute Gasteiger partial charge is 0.249 e. The van der Waals surface area contributed by atoms with Crippen LogP contribution in [0.5, 0.6) is 0 Å². The summed E-state index contributed by atoms with van der Waals surface area (Å²) in [5.74, 6) is -5.15. The summed E-state index contributed by atoms with van der Waals surface area (Å²) >= 11 is 0. The summed E-state index contributed by atoms with van der Waals surface area (Å²) in [7, 11) is 0. The number of carbonyl (C=O) groups excluding carboxylic acids is 2. The molecule has 5 nitrogen and oxygen atoms in total. The van der Waals surface area contributed by atoms with E-state index in [1.54, 1.807) is 12.1 Å². The van der Waals surface area contributed by atoms with Gasteiger partial charge in [-0.25, -0.2) is 13.2 Å². The lowest BCUT2D eigenvalue weighted by molar-refractivity contribution is -0.133. The van der Waals surface area contributed by atoms with Gasteiger partial charge in [0.15, 0.2) is 0 Å². The Bertz CT molecular complexity index is 750. The molecule has 0 aliphatic heterocycles. The van der Waals surface area contributed by atoms with Crippen molar-refractivity contribution in [3.05, 3.63) is 29.6 Å². The molecule has 2 rings (SSSR count).